The van der Waals surface area contributed by atoms with Gasteiger partial charge >= 0.3 is 5.97 Å². The summed E-state index contributed by atoms with van der Waals surface area (Å²) in [4.78, 5) is 22.4. The van der Waals surface area contributed by atoms with Crippen LogP contribution in [0.1, 0.15) is 45.7 Å². The molecule has 0 saturated heterocycles. The third-order valence-corrected chi connectivity index (χ3v) is 3.37. The Labute approximate surface area is 131 Å². The number of rotatable bonds is 6. The summed E-state index contributed by atoms with van der Waals surface area (Å²) < 4.78 is 5.60. The van der Waals surface area contributed by atoms with E-state index in [0.717, 1.165) is 12.0 Å². The molecule has 0 unspecified atom stereocenters. The van der Waals surface area contributed by atoms with Crippen LogP contribution in [0.25, 0.3) is 0 Å². The number of hydrogen-bond donors (Lipinski definition) is 2. The highest BCUT2D eigenvalue weighted by molar-refractivity contribution is 5.84. The van der Waals surface area contributed by atoms with Gasteiger partial charge in [-0.05, 0) is 36.0 Å². The quantitative estimate of drug-likeness (QED) is 0.846. The van der Waals surface area contributed by atoms with E-state index in [1.807, 2.05) is 12.1 Å². The predicted molar refractivity (Wildman–Crippen MR) is 85.3 cm³/mol. The summed E-state index contributed by atoms with van der Waals surface area (Å²) in [6, 6.07) is 5.00. The second kappa shape index (κ2) is 7.29. The van der Waals surface area contributed by atoms with Crippen molar-refractivity contribution in [3.8, 4) is 5.75 Å². The second-order valence-corrected chi connectivity index (χ2v) is 6.35. The zero-order valence-corrected chi connectivity index (χ0v) is 13.9. The summed E-state index contributed by atoms with van der Waals surface area (Å²) in [5, 5.41) is 11.1. The molecule has 0 heterocycles. The fraction of sp³-hybridized carbons (Fsp3) is 0.529. The molecule has 0 saturated carbocycles. The molecule has 22 heavy (non-hydrogen) atoms. The Kier molecular flexibility index (Phi) is 5.97. The van der Waals surface area contributed by atoms with E-state index in [-0.39, 0.29) is 12.0 Å². The maximum atomic E-state index is 11.7. The Hall–Kier alpha value is -2.04. The summed E-state index contributed by atoms with van der Waals surface area (Å²) in [6.45, 7) is 9.55. The summed E-state index contributed by atoms with van der Waals surface area (Å²) in [6.07, 6.45) is 0.931. The Morgan fingerprint density at radius 2 is 1.95 bits per heavy atom. The molecule has 0 aliphatic carbocycles. The van der Waals surface area contributed by atoms with Crippen molar-refractivity contribution in [1.82, 2.24) is 5.32 Å². The van der Waals surface area contributed by atoms with Gasteiger partial charge in [0, 0.05) is 0 Å². The van der Waals surface area contributed by atoms with Gasteiger partial charge < -0.3 is 15.2 Å². The van der Waals surface area contributed by atoms with E-state index in [0.29, 0.717) is 5.75 Å². The summed E-state index contributed by atoms with van der Waals surface area (Å²) in [5.41, 5.74) is 2.14. The number of nitrogens with one attached hydrogen (secondary N) is 1. The van der Waals surface area contributed by atoms with Gasteiger partial charge in [0.2, 0.25) is 0 Å². The van der Waals surface area contributed by atoms with Crippen molar-refractivity contribution in [3.05, 3.63) is 29.3 Å². The third-order valence-electron chi connectivity index (χ3n) is 3.37. The predicted octanol–water partition coefficient (Wildman–Crippen LogP) is 2.51. The van der Waals surface area contributed by atoms with Crippen LogP contribution in [0.3, 0.4) is 0 Å². The topological polar surface area (TPSA) is 75.6 Å². The van der Waals surface area contributed by atoms with Crippen LogP contribution in [0.4, 0.5) is 0 Å². The van der Waals surface area contributed by atoms with Gasteiger partial charge in [-0.2, -0.15) is 0 Å². The Balaban J connectivity index is 2.81. The number of carboxylic acids is 1. The Morgan fingerprint density at radius 3 is 2.45 bits per heavy atom. The van der Waals surface area contributed by atoms with Gasteiger partial charge in [0.25, 0.3) is 5.91 Å². The monoisotopic (exact) mass is 307 g/mol. The van der Waals surface area contributed by atoms with Gasteiger partial charge in [-0.25, -0.2) is 0 Å². The molecule has 122 valence electrons. The van der Waals surface area contributed by atoms with Crippen molar-refractivity contribution in [2.24, 2.45) is 0 Å². The number of benzene rings is 1. The lowest BCUT2D eigenvalue weighted by atomic mass is 9.85. The first-order valence-electron chi connectivity index (χ1n) is 7.43. The number of amides is 1. The van der Waals surface area contributed by atoms with Gasteiger partial charge in [0.15, 0.2) is 6.61 Å². The van der Waals surface area contributed by atoms with E-state index in [4.69, 9.17) is 9.84 Å². The molecule has 0 bridgehead atoms. The minimum absolute atomic E-state index is 0.106. The van der Waals surface area contributed by atoms with Crippen molar-refractivity contribution in [2.75, 3.05) is 6.61 Å². The smallest absolute Gasteiger partial charge is 0.325 e. The first-order valence-corrected chi connectivity index (χ1v) is 7.43. The van der Waals surface area contributed by atoms with E-state index in [1.165, 1.54) is 12.5 Å². The lowest BCUT2D eigenvalue weighted by Crippen LogP contribution is -2.40. The molecule has 1 amide bonds. The van der Waals surface area contributed by atoms with E-state index < -0.39 is 17.9 Å². The maximum Gasteiger partial charge on any atom is 0.325 e. The summed E-state index contributed by atoms with van der Waals surface area (Å²) >= 11 is 0. The van der Waals surface area contributed by atoms with E-state index in [1.54, 1.807) is 0 Å². The largest absolute Gasteiger partial charge is 0.483 e. The Morgan fingerprint density at radius 1 is 1.32 bits per heavy atom. The van der Waals surface area contributed by atoms with Crippen LogP contribution < -0.4 is 10.1 Å². The molecule has 5 nitrogen and oxygen atoms in total. The molecule has 0 fully saturated rings. The minimum Gasteiger partial charge on any atom is -0.483 e. The van der Waals surface area contributed by atoms with Gasteiger partial charge in [-0.1, -0.05) is 39.8 Å². The first-order chi connectivity index (χ1) is 10.1. The molecule has 2 N–H and O–H groups in total. The molecule has 1 rings (SSSR count). The number of carbonyl (C=O) groups excluding carboxylic acids is 1. The number of ether oxygens (including phenoxy) is 1. The highest BCUT2D eigenvalue weighted by Gasteiger charge is 2.20. The van der Waals surface area contributed by atoms with E-state index >= 15 is 0 Å². The van der Waals surface area contributed by atoms with Crippen LogP contribution in [0.5, 0.6) is 5.75 Å². The molecule has 0 aromatic heterocycles. The van der Waals surface area contributed by atoms with Crippen LogP contribution in [0, 0.1) is 0 Å². The number of carbonyl (C=O) groups is 2. The molecule has 1 atom stereocenters. The van der Waals surface area contributed by atoms with Crippen molar-refractivity contribution < 1.29 is 19.4 Å². The molecular formula is C17H25NO4. The molecule has 0 aliphatic heterocycles. The molecule has 1 aromatic rings. The van der Waals surface area contributed by atoms with Gasteiger partial charge in [-0.15, -0.1) is 0 Å². The highest BCUT2D eigenvalue weighted by Crippen LogP contribution is 2.32. The zero-order valence-electron chi connectivity index (χ0n) is 13.9. The van der Waals surface area contributed by atoms with Crippen LogP contribution in [-0.4, -0.2) is 29.6 Å². The molecular weight excluding hydrogens is 282 g/mol. The average Bonchev–Trinajstić information content (AvgIpc) is 2.43. The molecule has 0 aliphatic rings. The average molecular weight is 307 g/mol. The number of carboxylic acid groups (broad SMARTS) is 1. The maximum absolute atomic E-state index is 11.7. The fourth-order valence-corrected chi connectivity index (χ4v) is 2.00. The second-order valence-electron chi connectivity index (χ2n) is 6.35. The fourth-order valence-electron chi connectivity index (χ4n) is 2.00. The highest BCUT2D eigenvalue weighted by atomic mass is 16.5. The first kappa shape index (κ1) is 18.0. The molecule has 0 radical (unpaired) electrons. The van der Waals surface area contributed by atoms with Crippen LogP contribution in [0.15, 0.2) is 18.2 Å². The van der Waals surface area contributed by atoms with Crippen LogP contribution >= 0.6 is 0 Å². The SMILES string of the molecule is CCc1ccc(OCC(=O)N[C@H](C)C(=O)O)c(C(C)(C)C)c1. The summed E-state index contributed by atoms with van der Waals surface area (Å²) in [5.74, 6) is -0.867. The molecule has 0 spiro atoms. The van der Waals surface area contributed by atoms with Crippen LogP contribution in [-0.2, 0) is 21.4 Å². The van der Waals surface area contributed by atoms with Crippen molar-refractivity contribution >= 4 is 11.9 Å². The minimum atomic E-state index is -1.07. The summed E-state index contributed by atoms with van der Waals surface area (Å²) in [7, 11) is 0. The van der Waals surface area contributed by atoms with Crippen molar-refractivity contribution in [1.29, 1.82) is 0 Å². The normalized spacial score (nSPS) is 12.6. The van der Waals surface area contributed by atoms with E-state index in [9.17, 15) is 9.59 Å². The molecule has 5 heteroatoms. The van der Waals surface area contributed by atoms with E-state index in [2.05, 4.69) is 39.1 Å². The number of aryl methyl sites for hydroxylation is 1. The van der Waals surface area contributed by atoms with Gasteiger partial charge in [-0.3, -0.25) is 9.59 Å². The van der Waals surface area contributed by atoms with Crippen molar-refractivity contribution in [3.63, 3.8) is 0 Å². The zero-order chi connectivity index (χ0) is 16.9. The molecule has 1 aromatic carbocycles. The van der Waals surface area contributed by atoms with Gasteiger partial charge in [0.1, 0.15) is 11.8 Å². The third kappa shape index (κ3) is 5.06. The van der Waals surface area contributed by atoms with Crippen molar-refractivity contribution in [2.45, 2.75) is 52.5 Å². The standard InChI is InChI=1S/C17H25NO4/c1-6-12-7-8-14(13(9-12)17(3,4)5)22-10-15(19)18-11(2)16(20)21/h7-9,11H,6,10H2,1-5H3,(H,18,19)(H,20,21)/t11-/m1/s1. The van der Waals surface area contributed by atoms with Gasteiger partial charge in [0.05, 0.1) is 0 Å². The lowest BCUT2D eigenvalue weighted by molar-refractivity contribution is -0.141. The van der Waals surface area contributed by atoms with Crippen LogP contribution in [0.2, 0.25) is 0 Å². The number of hydrogen-bond acceptors (Lipinski definition) is 3. The lowest BCUT2D eigenvalue weighted by Gasteiger charge is -2.23. The number of aliphatic carboxylic acids is 1. The Bertz CT molecular complexity index is 546.